The third-order valence-corrected chi connectivity index (χ3v) is 8.82. The van der Waals surface area contributed by atoms with Crippen molar-refractivity contribution < 1.29 is 15.0 Å². The van der Waals surface area contributed by atoms with E-state index in [1.165, 1.54) is 40.7 Å². The molecule has 0 atom stereocenters. The molecular weight excluding hydrogens is 456 g/mol. The molecule has 0 radical (unpaired) electrons. The second kappa shape index (κ2) is 11.2. The van der Waals surface area contributed by atoms with E-state index in [1.807, 2.05) is 24.3 Å². The number of aliphatic carboxylic acids is 1. The summed E-state index contributed by atoms with van der Waals surface area (Å²) in [5.74, 6) is -0.810. The molecule has 1 fully saturated rings. The van der Waals surface area contributed by atoms with Gasteiger partial charge in [0.15, 0.2) is 0 Å². The molecule has 1 aliphatic carbocycles. The Hall–Kier alpha value is -2.91. The van der Waals surface area contributed by atoms with Gasteiger partial charge in [0.2, 0.25) is 0 Å². The average Bonchev–Trinajstić information content (AvgIpc) is 3.10. The van der Waals surface area contributed by atoms with E-state index in [4.69, 9.17) is 5.11 Å². The molecule has 196 valence electrons. The van der Waals surface area contributed by atoms with Gasteiger partial charge in [-0.05, 0) is 84.0 Å². The molecule has 1 saturated carbocycles. The van der Waals surface area contributed by atoms with E-state index < -0.39 is 11.6 Å². The van der Waals surface area contributed by atoms with Crippen molar-refractivity contribution in [2.24, 2.45) is 0 Å². The van der Waals surface area contributed by atoms with Gasteiger partial charge in [-0.25, -0.2) is 0 Å². The zero-order valence-corrected chi connectivity index (χ0v) is 22.9. The predicted molar refractivity (Wildman–Crippen MR) is 152 cm³/mol. The van der Waals surface area contributed by atoms with Gasteiger partial charge in [0.1, 0.15) is 0 Å². The van der Waals surface area contributed by atoms with Gasteiger partial charge in [-0.1, -0.05) is 100 Å². The molecule has 0 spiro atoms. The van der Waals surface area contributed by atoms with Crippen LogP contribution in [-0.4, -0.2) is 16.2 Å². The Morgan fingerprint density at radius 2 is 1.38 bits per heavy atom. The Morgan fingerprint density at radius 3 is 1.89 bits per heavy atom. The Bertz CT molecular complexity index is 1230. The molecule has 3 aromatic carbocycles. The lowest BCUT2D eigenvalue weighted by Crippen LogP contribution is -2.29. The average molecular weight is 499 g/mol. The van der Waals surface area contributed by atoms with Crippen molar-refractivity contribution in [1.29, 1.82) is 0 Å². The highest BCUT2D eigenvalue weighted by molar-refractivity contribution is 5.72. The third kappa shape index (κ3) is 5.52. The van der Waals surface area contributed by atoms with Crippen LogP contribution in [0.15, 0.2) is 60.7 Å². The van der Waals surface area contributed by atoms with Crippen molar-refractivity contribution >= 4 is 5.97 Å². The monoisotopic (exact) mass is 498 g/mol. The quantitative estimate of drug-likeness (QED) is 0.307. The van der Waals surface area contributed by atoms with Crippen LogP contribution in [0.25, 0.3) is 11.1 Å². The number of carboxylic acid groups (broad SMARTS) is 1. The van der Waals surface area contributed by atoms with Crippen LogP contribution in [0.5, 0.6) is 0 Å². The third-order valence-electron chi connectivity index (χ3n) is 8.82. The molecule has 0 saturated heterocycles. The molecule has 0 amide bonds. The van der Waals surface area contributed by atoms with E-state index in [0.29, 0.717) is 0 Å². The fraction of sp³-hybridized carbons (Fsp3) is 0.441. The summed E-state index contributed by atoms with van der Waals surface area (Å²) < 4.78 is 0. The van der Waals surface area contributed by atoms with E-state index >= 15 is 0 Å². The fourth-order valence-electron chi connectivity index (χ4n) is 6.56. The molecule has 0 unspecified atom stereocenters. The molecule has 4 rings (SSSR count). The summed E-state index contributed by atoms with van der Waals surface area (Å²) in [6, 6.07) is 21.5. The zero-order chi connectivity index (χ0) is 26.6. The molecule has 0 bridgehead atoms. The number of rotatable bonds is 8. The molecule has 37 heavy (non-hydrogen) atoms. The lowest BCUT2D eigenvalue weighted by molar-refractivity contribution is -0.136. The van der Waals surface area contributed by atoms with Gasteiger partial charge < -0.3 is 10.2 Å². The summed E-state index contributed by atoms with van der Waals surface area (Å²) in [5, 5.41) is 20.6. The van der Waals surface area contributed by atoms with E-state index in [2.05, 4.69) is 64.1 Å². The number of hydrogen-bond acceptors (Lipinski definition) is 2. The van der Waals surface area contributed by atoms with Gasteiger partial charge in [0.25, 0.3) is 0 Å². The first kappa shape index (κ1) is 27.1. The minimum Gasteiger partial charge on any atom is -0.481 e. The summed E-state index contributed by atoms with van der Waals surface area (Å²) >= 11 is 0. The number of aliphatic hydroxyl groups is 1. The highest BCUT2D eigenvalue weighted by atomic mass is 16.4. The summed E-state index contributed by atoms with van der Waals surface area (Å²) in [5.41, 5.74) is 8.47. The number of carboxylic acids is 1. The van der Waals surface area contributed by atoms with E-state index in [1.54, 1.807) is 0 Å². The summed E-state index contributed by atoms with van der Waals surface area (Å²) in [6.07, 6.45) is 8.38. The zero-order valence-electron chi connectivity index (χ0n) is 22.9. The largest absolute Gasteiger partial charge is 0.481 e. The predicted octanol–water partition coefficient (Wildman–Crippen LogP) is 8.25. The van der Waals surface area contributed by atoms with Gasteiger partial charge in [0, 0.05) is 5.41 Å². The van der Waals surface area contributed by atoms with Crippen molar-refractivity contribution in [3.05, 3.63) is 94.0 Å². The fourth-order valence-corrected chi connectivity index (χ4v) is 6.56. The highest BCUT2D eigenvalue weighted by Gasteiger charge is 2.35. The normalized spacial score (nSPS) is 15.8. The molecule has 0 aliphatic heterocycles. The Kier molecular flexibility index (Phi) is 8.23. The lowest BCUT2D eigenvalue weighted by atomic mass is 9.69. The number of carbonyl (C=O) groups is 1. The summed E-state index contributed by atoms with van der Waals surface area (Å²) in [7, 11) is 0. The minimum atomic E-state index is -0.810. The topological polar surface area (TPSA) is 57.5 Å². The first-order valence-electron chi connectivity index (χ1n) is 14.0. The van der Waals surface area contributed by atoms with Crippen molar-refractivity contribution in [3.8, 4) is 11.1 Å². The lowest BCUT2D eigenvalue weighted by Gasteiger charge is -2.36. The first-order chi connectivity index (χ1) is 17.7. The number of hydrogen-bond donors (Lipinski definition) is 2. The van der Waals surface area contributed by atoms with E-state index in [0.717, 1.165) is 55.2 Å². The van der Waals surface area contributed by atoms with Gasteiger partial charge in [0.05, 0.1) is 12.0 Å². The van der Waals surface area contributed by atoms with Crippen molar-refractivity contribution in [2.45, 2.75) is 96.5 Å². The van der Waals surface area contributed by atoms with Crippen LogP contribution >= 0.6 is 0 Å². The minimum absolute atomic E-state index is 0.0450. The van der Waals surface area contributed by atoms with Crippen LogP contribution in [0.2, 0.25) is 0 Å². The molecule has 3 nitrogen and oxygen atoms in total. The first-order valence-corrected chi connectivity index (χ1v) is 14.0. The van der Waals surface area contributed by atoms with Crippen molar-refractivity contribution in [1.82, 2.24) is 0 Å². The summed E-state index contributed by atoms with van der Waals surface area (Å²) in [4.78, 5) is 11.0. The van der Waals surface area contributed by atoms with Crippen LogP contribution in [0.4, 0.5) is 0 Å². The smallest absolute Gasteiger partial charge is 0.307 e. The molecule has 3 heteroatoms. The van der Waals surface area contributed by atoms with Crippen LogP contribution in [-0.2, 0) is 22.2 Å². The maximum Gasteiger partial charge on any atom is 0.307 e. The van der Waals surface area contributed by atoms with Gasteiger partial charge >= 0.3 is 5.97 Å². The molecular formula is C34H42O3. The number of aryl methyl sites for hydroxylation is 2. The molecule has 3 aromatic rings. The van der Waals surface area contributed by atoms with Gasteiger partial charge in [-0.15, -0.1) is 0 Å². The standard InChI is InChI=1S/C34H42O3/c1-5-33(6-2,29-16-18-31(25(4)22-29)34(37)19-9-7-8-10-20-34)28-15-17-30(24(3)21-28)27-13-11-26(12-14-27)23-32(35)36/h11-18,21-22,37H,5-10,19-20,23H2,1-4H3,(H,35,36). The van der Waals surface area contributed by atoms with Crippen LogP contribution in [0.3, 0.4) is 0 Å². The van der Waals surface area contributed by atoms with Crippen LogP contribution in [0.1, 0.15) is 98.6 Å². The molecule has 0 aromatic heterocycles. The Labute approximate surface area is 222 Å². The van der Waals surface area contributed by atoms with E-state index in [9.17, 15) is 9.90 Å². The van der Waals surface area contributed by atoms with Gasteiger partial charge in [-0.3, -0.25) is 4.79 Å². The second-order valence-electron chi connectivity index (χ2n) is 11.1. The molecule has 0 heterocycles. The second-order valence-corrected chi connectivity index (χ2v) is 11.1. The van der Waals surface area contributed by atoms with E-state index in [-0.39, 0.29) is 11.8 Å². The van der Waals surface area contributed by atoms with Gasteiger partial charge in [-0.2, -0.15) is 0 Å². The SMILES string of the molecule is CCC(CC)(c1ccc(-c2ccc(CC(=O)O)cc2)c(C)c1)c1ccc(C2(O)CCCCCC2)c(C)c1. The van der Waals surface area contributed by atoms with Crippen LogP contribution in [0, 0.1) is 13.8 Å². The molecule has 2 N–H and O–H groups in total. The maximum atomic E-state index is 11.5. The van der Waals surface area contributed by atoms with Crippen LogP contribution < -0.4 is 0 Å². The number of benzene rings is 3. The Morgan fingerprint density at radius 1 is 0.811 bits per heavy atom. The maximum absolute atomic E-state index is 11.5. The van der Waals surface area contributed by atoms with Crippen molar-refractivity contribution in [3.63, 3.8) is 0 Å². The molecule has 1 aliphatic rings. The summed E-state index contributed by atoms with van der Waals surface area (Å²) in [6.45, 7) is 8.88. The Balaban J connectivity index is 1.68. The highest BCUT2D eigenvalue weighted by Crippen LogP contribution is 2.43. The van der Waals surface area contributed by atoms with Crippen molar-refractivity contribution in [2.75, 3.05) is 0 Å².